The number of nitrogens with zero attached hydrogens (tertiary/aromatic N) is 4. The molecule has 0 saturated heterocycles. The fourth-order valence-electron chi connectivity index (χ4n) is 4.40. The lowest BCUT2D eigenvalue weighted by Crippen LogP contribution is -2.31. The number of hydrogen-bond donors (Lipinski definition) is 2. The van der Waals surface area contributed by atoms with Crippen molar-refractivity contribution in [2.45, 2.75) is 19.9 Å². The minimum absolute atomic E-state index is 0.297. The quantitative estimate of drug-likeness (QED) is 0.350. The molecule has 0 radical (unpaired) electrons. The number of pyridine rings is 1. The summed E-state index contributed by atoms with van der Waals surface area (Å²) in [5.41, 5.74) is 3.24. The third kappa shape index (κ3) is 4.75. The Kier molecular flexibility index (Phi) is 6.94. The summed E-state index contributed by atoms with van der Waals surface area (Å²) in [5, 5.41) is 11.0. The molecule has 2 N–H and O–H groups in total. The van der Waals surface area contributed by atoms with Crippen LogP contribution in [0.15, 0.2) is 78.3 Å². The van der Waals surface area contributed by atoms with Crippen molar-refractivity contribution in [2.75, 3.05) is 31.5 Å². The number of rotatable bonds is 8. The first-order valence-electron chi connectivity index (χ1n) is 12.1. The molecular formula is C28H28N6O4. The lowest BCUT2D eigenvalue weighted by atomic mass is 9.94. The van der Waals surface area contributed by atoms with E-state index in [-0.39, 0.29) is 5.91 Å². The van der Waals surface area contributed by atoms with Gasteiger partial charge in [0.2, 0.25) is 5.95 Å². The first-order valence-corrected chi connectivity index (χ1v) is 12.1. The van der Waals surface area contributed by atoms with Crippen LogP contribution in [0.3, 0.4) is 0 Å². The molecule has 38 heavy (non-hydrogen) atoms. The maximum atomic E-state index is 13.7. The molecule has 3 heterocycles. The molecule has 0 saturated carbocycles. The highest BCUT2D eigenvalue weighted by Gasteiger charge is 2.36. The number of ether oxygens (including phenoxy) is 3. The van der Waals surface area contributed by atoms with E-state index in [0.717, 1.165) is 16.9 Å². The Morgan fingerprint density at radius 2 is 1.87 bits per heavy atom. The van der Waals surface area contributed by atoms with Crippen LogP contribution in [0.2, 0.25) is 0 Å². The topological polar surface area (TPSA) is 112 Å². The maximum Gasteiger partial charge on any atom is 0.255 e. The van der Waals surface area contributed by atoms with Gasteiger partial charge < -0.3 is 24.8 Å². The molecule has 1 amide bonds. The molecular weight excluding hydrogens is 484 g/mol. The van der Waals surface area contributed by atoms with Gasteiger partial charge in [0.25, 0.3) is 5.91 Å². The molecule has 0 aliphatic carbocycles. The monoisotopic (exact) mass is 512 g/mol. The highest BCUT2D eigenvalue weighted by molar-refractivity contribution is 6.06. The fraction of sp³-hybridized carbons (Fsp3) is 0.214. The van der Waals surface area contributed by atoms with Gasteiger partial charge >= 0.3 is 0 Å². The van der Waals surface area contributed by atoms with Gasteiger partial charge in [0, 0.05) is 29.1 Å². The Bertz CT molecular complexity index is 1480. The van der Waals surface area contributed by atoms with Crippen molar-refractivity contribution in [3.63, 3.8) is 0 Å². The van der Waals surface area contributed by atoms with Gasteiger partial charge in [-0.05, 0) is 62.4 Å². The van der Waals surface area contributed by atoms with Crippen LogP contribution >= 0.6 is 0 Å². The van der Waals surface area contributed by atoms with Crippen molar-refractivity contribution in [2.24, 2.45) is 0 Å². The van der Waals surface area contributed by atoms with Gasteiger partial charge in [0.15, 0.2) is 5.82 Å². The molecule has 5 rings (SSSR count). The van der Waals surface area contributed by atoms with E-state index in [1.54, 1.807) is 49.5 Å². The van der Waals surface area contributed by atoms with Crippen LogP contribution in [-0.2, 0) is 4.79 Å². The molecule has 4 aromatic rings. The minimum atomic E-state index is -0.632. The van der Waals surface area contributed by atoms with Crippen LogP contribution in [0.25, 0.3) is 11.4 Å². The SMILES string of the molecule is CCOc1ccc(-c2nc3n(n2)C(c2ccc(OC)cc2OC)C(C(=O)Nc2cccnc2)=C(C)N3)cc1. The molecule has 194 valence electrons. The van der Waals surface area contributed by atoms with Gasteiger partial charge in [-0.15, -0.1) is 5.10 Å². The third-order valence-electron chi connectivity index (χ3n) is 6.18. The Hall–Kier alpha value is -4.86. The van der Waals surface area contributed by atoms with E-state index < -0.39 is 6.04 Å². The molecule has 1 atom stereocenters. The summed E-state index contributed by atoms with van der Waals surface area (Å²) in [7, 11) is 3.17. The van der Waals surface area contributed by atoms with Crippen LogP contribution in [0, 0.1) is 0 Å². The number of benzene rings is 2. The molecule has 1 aliphatic rings. The number of fused-ring (bicyclic) bond motifs is 1. The van der Waals surface area contributed by atoms with Gasteiger partial charge in [-0.2, -0.15) is 4.98 Å². The van der Waals surface area contributed by atoms with Crippen molar-refractivity contribution >= 4 is 17.5 Å². The van der Waals surface area contributed by atoms with Crippen molar-refractivity contribution in [3.05, 3.63) is 83.8 Å². The molecule has 2 aromatic carbocycles. The van der Waals surface area contributed by atoms with E-state index in [0.29, 0.717) is 46.8 Å². The highest BCUT2D eigenvalue weighted by Crippen LogP contribution is 2.41. The Balaban J connectivity index is 1.61. The van der Waals surface area contributed by atoms with E-state index in [9.17, 15) is 4.79 Å². The van der Waals surface area contributed by atoms with Crippen molar-refractivity contribution in [3.8, 4) is 28.6 Å². The largest absolute Gasteiger partial charge is 0.497 e. The van der Waals surface area contributed by atoms with E-state index >= 15 is 0 Å². The summed E-state index contributed by atoms with van der Waals surface area (Å²) < 4.78 is 18.4. The Morgan fingerprint density at radius 3 is 2.55 bits per heavy atom. The van der Waals surface area contributed by atoms with Crippen LogP contribution < -0.4 is 24.8 Å². The summed E-state index contributed by atoms with van der Waals surface area (Å²) in [5.74, 6) is 2.68. The van der Waals surface area contributed by atoms with Gasteiger partial charge in [0.05, 0.1) is 38.3 Å². The summed E-state index contributed by atoms with van der Waals surface area (Å²) in [6.07, 6.45) is 3.25. The first-order chi connectivity index (χ1) is 18.5. The second kappa shape index (κ2) is 10.6. The number of carbonyl (C=O) groups excluding carboxylic acids is 1. The molecule has 0 bridgehead atoms. The predicted octanol–water partition coefficient (Wildman–Crippen LogP) is 4.68. The zero-order chi connectivity index (χ0) is 26.6. The standard InChI is InChI=1S/C28H28N6O4/c1-5-38-20-10-8-18(9-11-20)26-32-28-30-17(2)24(27(35)31-19-7-6-14-29-16-19)25(34(28)33-26)22-13-12-21(36-3)15-23(22)37-4/h6-16,25H,5H2,1-4H3,(H,31,35)(H,30,32,33). The van der Waals surface area contributed by atoms with Gasteiger partial charge in [0.1, 0.15) is 23.3 Å². The second-order valence-corrected chi connectivity index (χ2v) is 8.53. The van der Waals surface area contributed by atoms with Gasteiger partial charge in [-0.1, -0.05) is 0 Å². The summed E-state index contributed by atoms with van der Waals surface area (Å²) >= 11 is 0. The number of allylic oxidation sites excluding steroid dienone is 1. The smallest absolute Gasteiger partial charge is 0.255 e. The summed E-state index contributed by atoms with van der Waals surface area (Å²) in [6.45, 7) is 4.37. The first kappa shape index (κ1) is 24.8. The van der Waals surface area contributed by atoms with E-state index in [2.05, 4.69) is 15.6 Å². The van der Waals surface area contributed by atoms with Gasteiger partial charge in [-0.3, -0.25) is 9.78 Å². The van der Waals surface area contributed by atoms with Crippen LogP contribution in [0.4, 0.5) is 11.6 Å². The van der Waals surface area contributed by atoms with Gasteiger partial charge in [-0.25, -0.2) is 4.68 Å². The molecule has 10 heteroatoms. The normalized spacial score (nSPS) is 14.4. The van der Waals surface area contributed by atoms with Crippen molar-refractivity contribution < 1.29 is 19.0 Å². The van der Waals surface area contributed by atoms with E-state index in [1.165, 1.54) is 0 Å². The average molecular weight is 513 g/mol. The minimum Gasteiger partial charge on any atom is -0.497 e. The Morgan fingerprint density at radius 1 is 1.08 bits per heavy atom. The van der Waals surface area contributed by atoms with E-state index in [1.807, 2.05) is 50.2 Å². The number of nitrogens with one attached hydrogen (secondary N) is 2. The zero-order valence-electron chi connectivity index (χ0n) is 21.6. The predicted molar refractivity (Wildman–Crippen MR) is 144 cm³/mol. The molecule has 10 nitrogen and oxygen atoms in total. The molecule has 1 unspecified atom stereocenters. The highest BCUT2D eigenvalue weighted by atomic mass is 16.5. The van der Waals surface area contributed by atoms with Crippen molar-refractivity contribution in [1.82, 2.24) is 19.7 Å². The summed E-state index contributed by atoms with van der Waals surface area (Å²) in [6, 6.07) is 16.0. The lowest BCUT2D eigenvalue weighted by molar-refractivity contribution is -0.113. The number of methoxy groups -OCH3 is 2. The number of anilines is 2. The fourth-order valence-corrected chi connectivity index (χ4v) is 4.40. The molecule has 1 aliphatic heterocycles. The summed E-state index contributed by atoms with van der Waals surface area (Å²) in [4.78, 5) is 22.5. The number of aromatic nitrogens is 4. The third-order valence-corrected chi connectivity index (χ3v) is 6.18. The van der Waals surface area contributed by atoms with Crippen LogP contribution in [-0.4, -0.2) is 46.5 Å². The molecule has 2 aromatic heterocycles. The average Bonchev–Trinajstić information content (AvgIpc) is 3.36. The lowest BCUT2D eigenvalue weighted by Gasteiger charge is -2.29. The Labute approximate surface area is 220 Å². The van der Waals surface area contributed by atoms with Crippen LogP contribution in [0.1, 0.15) is 25.5 Å². The number of hydrogen-bond acceptors (Lipinski definition) is 8. The molecule has 0 fully saturated rings. The van der Waals surface area contributed by atoms with E-state index in [4.69, 9.17) is 24.3 Å². The number of carbonyl (C=O) groups is 1. The number of amides is 1. The van der Waals surface area contributed by atoms with Crippen LogP contribution in [0.5, 0.6) is 17.2 Å². The second-order valence-electron chi connectivity index (χ2n) is 8.53. The van der Waals surface area contributed by atoms with Crippen molar-refractivity contribution in [1.29, 1.82) is 0 Å². The zero-order valence-corrected chi connectivity index (χ0v) is 21.6. The maximum absolute atomic E-state index is 13.7. The molecule has 0 spiro atoms.